The Hall–Kier alpha value is -2.30. The maximum absolute atomic E-state index is 11.8. The van der Waals surface area contributed by atoms with Gasteiger partial charge in [-0.2, -0.15) is 0 Å². The maximum atomic E-state index is 11.8. The first-order valence-corrected chi connectivity index (χ1v) is 5.13. The van der Waals surface area contributed by atoms with Crippen LogP contribution in [0.4, 0.5) is 5.82 Å². The summed E-state index contributed by atoms with van der Waals surface area (Å²) in [5, 5.41) is 10.1. The van der Waals surface area contributed by atoms with Crippen LogP contribution in [0.5, 0.6) is 0 Å². The van der Waals surface area contributed by atoms with E-state index in [-0.39, 0.29) is 12.1 Å². The van der Waals surface area contributed by atoms with Crippen LogP contribution in [0.2, 0.25) is 0 Å². The first kappa shape index (κ1) is 11.2. The van der Waals surface area contributed by atoms with Crippen molar-refractivity contribution in [2.45, 2.75) is 0 Å². The molecule has 0 aliphatic rings. The number of nitrogens with zero attached hydrogens (tertiary/aromatic N) is 1. The average Bonchev–Trinajstić information content (AvgIpc) is 2.28. The van der Waals surface area contributed by atoms with Crippen molar-refractivity contribution in [3.8, 4) is 0 Å². The summed E-state index contributed by atoms with van der Waals surface area (Å²) in [7, 11) is 1.62. The molecule has 0 amide bonds. The Bertz CT molecular complexity index is 618. The fourth-order valence-electron chi connectivity index (χ4n) is 1.69. The van der Waals surface area contributed by atoms with Gasteiger partial charge in [0, 0.05) is 12.4 Å². The van der Waals surface area contributed by atoms with E-state index in [1.165, 1.54) is 4.90 Å². The lowest BCUT2D eigenvalue weighted by molar-refractivity contribution is -0.135. The van der Waals surface area contributed by atoms with Crippen LogP contribution in [0, 0.1) is 0 Å². The third-order valence-corrected chi connectivity index (χ3v) is 2.52. The van der Waals surface area contributed by atoms with Gasteiger partial charge in [-0.3, -0.25) is 9.59 Å². The predicted molar refractivity (Wildman–Crippen MR) is 65.5 cm³/mol. The number of H-pyrrole nitrogens is 1. The van der Waals surface area contributed by atoms with E-state index in [1.807, 2.05) is 12.1 Å². The summed E-state index contributed by atoms with van der Waals surface area (Å²) in [6.45, 7) is -0.158. The number of carbonyl (C=O) groups is 1. The van der Waals surface area contributed by atoms with E-state index < -0.39 is 5.97 Å². The molecule has 0 saturated heterocycles. The van der Waals surface area contributed by atoms with Gasteiger partial charge in [0.1, 0.15) is 12.4 Å². The molecule has 17 heavy (non-hydrogen) atoms. The standard InChI is InChI=1S/C12H12N2O3/c1-14(7-11(15)16)10-6-8-4-2-3-5-9(8)12(17)13-10/h2-6H,7H2,1H3,(H,13,17)(H,15,16). The minimum Gasteiger partial charge on any atom is -0.480 e. The smallest absolute Gasteiger partial charge is 0.323 e. The van der Waals surface area contributed by atoms with Crippen molar-refractivity contribution >= 4 is 22.6 Å². The number of anilines is 1. The molecule has 5 heteroatoms. The molecule has 5 nitrogen and oxygen atoms in total. The van der Waals surface area contributed by atoms with Gasteiger partial charge in [-0.1, -0.05) is 18.2 Å². The minimum absolute atomic E-state index is 0.158. The van der Waals surface area contributed by atoms with Crippen molar-refractivity contribution in [2.24, 2.45) is 0 Å². The Labute approximate surface area is 97.3 Å². The van der Waals surface area contributed by atoms with E-state index in [2.05, 4.69) is 4.98 Å². The molecule has 2 aromatic rings. The van der Waals surface area contributed by atoms with Crippen LogP contribution in [0.15, 0.2) is 35.1 Å². The Morgan fingerprint density at radius 3 is 2.82 bits per heavy atom. The Morgan fingerprint density at radius 2 is 2.12 bits per heavy atom. The first-order valence-electron chi connectivity index (χ1n) is 5.13. The van der Waals surface area contributed by atoms with Gasteiger partial charge in [0.25, 0.3) is 5.56 Å². The van der Waals surface area contributed by atoms with E-state index in [0.717, 1.165) is 5.39 Å². The molecule has 0 saturated carbocycles. The zero-order valence-corrected chi connectivity index (χ0v) is 9.30. The molecule has 0 unspecified atom stereocenters. The fraction of sp³-hybridized carbons (Fsp3) is 0.167. The average molecular weight is 232 g/mol. The zero-order valence-electron chi connectivity index (χ0n) is 9.30. The van der Waals surface area contributed by atoms with Crippen molar-refractivity contribution in [3.63, 3.8) is 0 Å². The van der Waals surface area contributed by atoms with E-state index in [9.17, 15) is 9.59 Å². The predicted octanol–water partition coefficient (Wildman–Crippen LogP) is 1.05. The number of likely N-dealkylation sites (N-methyl/N-ethyl adjacent to an activating group) is 1. The lowest BCUT2D eigenvalue weighted by atomic mass is 10.2. The van der Waals surface area contributed by atoms with Gasteiger partial charge in [-0.05, 0) is 17.5 Å². The number of fused-ring (bicyclic) bond motifs is 1. The summed E-state index contributed by atoms with van der Waals surface area (Å²) < 4.78 is 0. The van der Waals surface area contributed by atoms with Gasteiger partial charge in [0.05, 0.1) is 0 Å². The van der Waals surface area contributed by atoms with Gasteiger partial charge < -0.3 is 15.0 Å². The van der Waals surface area contributed by atoms with Gasteiger partial charge in [-0.15, -0.1) is 0 Å². The molecule has 0 spiro atoms. The van der Waals surface area contributed by atoms with Crippen LogP contribution in [-0.2, 0) is 4.79 Å². The summed E-state index contributed by atoms with van der Waals surface area (Å²) >= 11 is 0. The van der Waals surface area contributed by atoms with Crippen molar-refractivity contribution in [3.05, 3.63) is 40.7 Å². The highest BCUT2D eigenvalue weighted by Crippen LogP contribution is 2.14. The molecule has 0 aliphatic heterocycles. The molecular weight excluding hydrogens is 220 g/mol. The largest absolute Gasteiger partial charge is 0.480 e. The minimum atomic E-state index is -0.943. The van der Waals surface area contributed by atoms with Gasteiger partial charge in [-0.25, -0.2) is 0 Å². The second-order valence-corrected chi connectivity index (χ2v) is 3.82. The fourth-order valence-corrected chi connectivity index (χ4v) is 1.69. The summed E-state index contributed by atoms with van der Waals surface area (Å²) in [5.41, 5.74) is -0.213. The Kier molecular flexibility index (Phi) is 2.82. The van der Waals surface area contributed by atoms with Crippen LogP contribution in [-0.4, -0.2) is 29.7 Å². The number of carboxylic acid groups (broad SMARTS) is 1. The number of pyridine rings is 1. The monoisotopic (exact) mass is 232 g/mol. The molecule has 1 heterocycles. The summed E-state index contributed by atoms with van der Waals surface area (Å²) in [6, 6.07) is 8.94. The number of hydrogen-bond acceptors (Lipinski definition) is 3. The summed E-state index contributed by atoms with van der Waals surface area (Å²) in [6.07, 6.45) is 0. The van der Waals surface area contributed by atoms with E-state index in [4.69, 9.17) is 5.11 Å². The lowest BCUT2D eigenvalue weighted by Crippen LogP contribution is -2.27. The zero-order chi connectivity index (χ0) is 12.4. The highest BCUT2D eigenvalue weighted by atomic mass is 16.4. The number of aliphatic carboxylic acids is 1. The van der Waals surface area contributed by atoms with Crippen LogP contribution in [0.25, 0.3) is 10.8 Å². The lowest BCUT2D eigenvalue weighted by Gasteiger charge is -2.16. The molecule has 0 bridgehead atoms. The Balaban J connectivity index is 2.50. The second-order valence-electron chi connectivity index (χ2n) is 3.82. The number of nitrogens with one attached hydrogen (secondary N) is 1. The SMILES string of the molecule is CN(CC(=O)O)c1cc2ccccc2c(=O)[nH]1. The normalized spacial score (nSPS) is 10.4. The van der Waals surface area contributed by atoms with E-state index in [1.54, 1.807) is 25.2 Å². The third-order valence-electron chi connectivity index (χ3n) is 2.52. The van der Waals surface area contributed by atoms with Crippen molar-refractivity contribution in [1.82, 2.24) is 4.98 Å². The Morgan fingerprint density at radius 1 is 1.41 bits per heavy atom. The van der Waals surface area contributed by atoms with Gasteiger partial charge in [0.15, 0.2) is 0 Å². The molecule has 2 N–H and O–H groups in total. The van der Waals surface area contributed by atoms with Gasteiger partial charge >= 0.3 is 5.97 Å². The summed E-state index contributed by atoms with van der Waals surface area (Å²) in [4.78, 5) is 26.5. The van der Waals surface area contributed by atoms with Crippen LogP contribution >= 0.6 is 0 Å². The number of hydrogen-bond donors (Lipinski definition) is 2. The van der Waals surface area contributed by atoms with Crippen molar-refractivity contribution in [2.75, 3.05) is 18.5 Å². The van der Waals surface area contributed by atoms with E-state index in [0.29, 0.717) is 11.2 Å². The molecule has 1 aromatic heterocycles. The molecule has 0 radical (unpaired) electrons. The number of rotatable bonds is 3. The van der Waals surface area contributed by atoms with E-state index >= 15 is 0 Å². The molecule has 0 aliphatic carbocycles. The molecular formula is C12H12N2O3. The van der Waals surface area contributed by atoms with Crippen molar-refractivity contribution < 1.29 is 9.90 Å². The second kappa shape index (κ2) is 4.29. The van der Waals surface area contributed by atoms with Crippen LogP contribution < -0.4 is 10.5 Å². The number of carboxylic acids is 1. The molecule has 0 atom stereocenters. The quantitative estimate of drug-likeness (QED) is 0.829. The van der Waals surface area contributed by atoms with Gasteiger partial charge in [0.2, 0.25) is 0 Å². The van der Waals surface area contributed by atoms with Crippen LogP contribution in [0.3, 0.4) is 0 Å². The highest BCUT2D eigenvalue weighted by molar-refractivity contribution is 5.84. The maximum Gasteiger partial charge on any atom is 0.323 e. The summed E-state index contributed by atoms with van der Waals surface area (Å²) in [5.74, 6) is -0.447. The topological polar surface area (TPSA) is 73.4 Å². The number of benzene rings is 1. The molecule has 0 fully saturated rings. The highest BCUT2D eigenvalue weighted by Gasteiger charge is 2.08. The first-order chi connectivity index (χ1) is 8.08. The van der Waals surface area contributed by atoms with Crippen molar-refractivity contribution in [1.29, 1.82) is 0 Å². The van der Waals surface area contributed by atoms with Crippen LogP contribution in [0.1, 0.15) is 0 Å². The third kappa shape index (κ3) is 2.28. The number of aromatic amines is 1. The molecule has 1 aromatic carbocycles. The molecule has 88 valence electrons. The molecule has 2 rings (SSSR count). The number of aromatic nitrogens is 1.